The number of furan rings is 1. The highest BCUT2D eigenvalue weighted by atomic mass is 16.5. The molecule has 1 fully saturated rings. The van der Waals surface area contributed by atoms with Crippen LogP contribution in [0.1, 0.15) is 45.8 Å². The van der Waals surface area contributed by atoms with Crippen LogP contribution in [0.5, 0.6) is 0 Å². The van der Waals surface area contributed by atoms with Crippen molar-refractivity contribution in [1.29, 1.82) is 0 Å². The Morgan fingerprint density at radius 1 is 1.14 bits per heavy atom. The average Bonchev–Trinajstić information content (AvgIpc) is 3.38. The number of guanidine groups is 1. The van der Waals surface area contributed by atoms with Crippen LogP contribution < -0.4 is 10.6 Å². The highest BCUT2D eigenvalue weighted by molar-refractivity contribution is 5.90. The van der Waals surface area contributed by atoms with E-state index in [1.165, 1.54) is 44.2 Å². The highest BCUT2D eigenvalue weighted by Gasteiger charge is 2.15. The number of benzene rings is 1. The summed E-state index contributed by atoms with van der Waals surface area (Å²) in [6.45, 7) is 6.30. The van der Waals surface area contributed by atoms with Crippen LogP contribution in [0.4, 0.5) is 0 Å². The molecule has 2 heterocycles. The van der Waals surface area contributed by atoms with Gasteiger partial charge in [-0.05, 0) is 50.0 Å². The molecule has 1 aromatic carbocycles. The van der Waals surface area contributed by atoms with Gasteiger partial charge >= 0.3 is 5.97 Å². The minimum Gasteiger partial charge on any atom is -0.465 e. The number of carbonyl (C=O) groups is 1. The van der Waals surface area contributed by atoms with Gasteiger partial charge in [-0.1, -0.05) is 24.3 Å². The molecule has 2 aromatic rings. The van der Waals surface area contributed by atoms with Gasteiger partial charge in [-0.25, -0.2) is 4.79 Å². The molecular weight excluding hydrogens is 368 g/mol. The zero-order valence-corrected chi connectivity index (χ0v) is 17.5. The number of rotatable bonds is 7. The first-order chi connectivity index (χ1) is 14.1. The Labute approximate surface area is 172 Å². The number of nitrogens with zero attached hydrogens (tertiary/aromatic N) is 2. The number of nitrogens with one attached hydrogen (secondary N) is 2. The summed E-state index contributed by atoms with van der Waals surface area (Å²) in [6, 6.07) is 10.4. The van der Waals surface area contributed by atoms with Crippen LogP contribution in [-0.2, 0) is 24.4 Å². The first-order valence-electron chi connectivity index (χ1n) is 10.0. The number of hydrogen-bond donors (Lipinski definition) is 2. The molecule has 7 nitrogen and oxygen atoms in total. The molecule has 156 valence electrons. The summed E-state index contributed by atoms with van der Waals surface area (Å²) in [5.74, 6) is 1.47. The third-order valence-electron chi connectivity index (χ3n) is 5.12. The second kappa shape index (κ2) is 10.1. The first-order valence-corrected chi connectivity index (χ1v) is 10.0. The van der Waals surface area contributed by atoms with Gasteiger partial charge in [0.25, 0.3) is 0 Å². The number of aliphatic imine (C=N–C) groups is 1. The molecule has 0 atom stereocenters. The van der Waals surface area contributed by atoms with Crippen LogP contribution in [0.15, 0.2) is 39.7 Å². The van der Waals surface area contributed by atoms with Crippen molar-refractivity contribution in [2.75, 3.05) is 27.2 Å². The highest BCUT2D eigenvalue weighted by Crippen LogP contribution is 2.16. The minimum absolute atomic E-state index is 0.395. The first kappa shape index (κ1) is 20.9. The van der Waals surface area contributed by atoms with Crippen molar-refractivity contribution in [3.63, 3.8) is 0 Å². The zero-order valence-electron chi connectivity index (χ0n) is 17.5. The van der Waals surface area contributed by atoms with E-state index in [2.05, 4.69) is 44.8 Å². The van der Waals surface area contributed by atoms with Gasteiger partial charge in [0.2, 0.25) is 0 Å². The lowest BCUT2D eigenvalue weighted by Gasteiger charge is -2.15. The molecule has 0 radical (unpaired) electrons. The SMILES string of the molecule is CN=C(NCc1ccc(CN2CCCC2)cc1)NCc1cc(C(=O)OC)c(C)o1. The Kier molecular flexibility index (Phi) is 7.30. The van der Waals surface area contributed by atoms with E-state index < -0.39 is 5.97 Å². The fraction of sp³-hybridized carbons (Fsp3) is 0.455. The molecule has 1 aromatic heterocycles. The average molecular weight is 399 g/mol. The quantitative estimate of drug-likeness (QED) is 0.424. The van der Waals surface area contributed by atoms with E-state index in [1.54, 1.807) is 20.0 Å². The maximum Gasteiger partial charge on any atom is 0.341 e. The molecule has 0 unspecified atom stereocenters. The predicted octanol–water partition coefficient (Wildman–Crippen LogP) is 2.84. The van der Waals surface area contributed by atoms with Crippen molar-refractivity contribution in [2.24, 2.45) is 4.99 Å². The maximum atomic E-state index is 11.7. The van der Waals surface area contributed by atoms with E-state index >= 15 is 0 Å². The lowest BCUT2D eigenvalue weighted by Crippen LogP contribution is -2.36. The molecule has 2 N–H and O–H groups in total. The number of aryl methyl sites for hydroxylation is 1. The molecule has 7 heteroatoms. The summed E-state index contributed by atoms with van der Waals surface area (Å²) in [5.41, 5.74) is 2.99. The van der Waals surface area contributed by atoms with Crippen LogP contribution >= 0.6 is 0 Å². The summed E-state index contributed by atoms with van der Waals surface area (Å²) in [5, 5.41) is 6.50. The van der Waals surface area contributed by atoms with Crippen molar-refractivity contribution in [3.8, 4) is 0 Å². The summed E-state index contributed by atoms with van der Waals surface area (Å²) >= 11 is 0. The smallest absolute Gasteiger partial charge is 0.341 e. The van der Waals surface area contributed by atoms with E-state index in [-0.39, 0.29) is 0 Å². The molecular formula is C22H30N4O3. The minimum atomic E-state index is -0.395. The largest absolute Gasteiger partial charge is 0.465 e. The lowest BCUT2D eigenvalue weighted by molar-refractivity contribution is 0.0599. The summed E-state index contributed by atoms with van der Waals surface area (Å²) in [4.78, 5) is 18.4. The molecule has 0 spiro atoms. The Morgan fingerprint density at radius 3 is 2.45 bits per heavy atom. The number of ether oxygens (including phenoxy) is 1. The normalized spacial score (nSPS) is 14.8. The van der Waals surface area contributed by atoms with E-state index in [0.29, 0.717) is 36.1 Å². The Hall–Kier alpha value is -2.80. The van der Waals surface area contributed by atoms with Crippen molar-refractivity contribution in [3.05, 3.63) is 58.5 Å². The maximum absolute atomic E-state index is 11.7. The molecule has 0 saturated carbocycles. The van der Waals surface area contributed by atoms with Crippen molar-refractivity contribution in [2.45, 2.75) is 39.4 Å². The molecule has 0 aliphatic carbocycles. The van der Waals surface area contributed by atoms with Gasteiger partial charge in [0.15, 0.2) is 5.96 Å². The van der Waals surface area contributed by atoms with Gasteiger partial charge in [0.1, 0.15) is 17.1 Å². The van der Waals surface area contributed by atoms with Crippen molar-refractivity contribution >= 4 is 11.9 Å². The summed E-state index contributed by atoms with van der Waals surface area (Å²) in [7, 11) is 3.08. The lowest BCUT2D eigenvalue weighted by atomic mass is 10.1. The van der Waals surface area contributed by atoms with Crippen LogP contribution in [0.25, 0.3) is 0 Å². The Bertz CT molecular complexity index is 836. The number of methoxy groups -OCH3 is 1. The second-order valence-corrected chi connectivity index (χ2v) is 7.25. The molecule has 1 aliphatic heterocycles. The van der Waals surface area contributed by atoms with Gasteiger partial charge in [-0.3, -0.25) is 9.89 Å². The molecule has 3 rings (SSSR count). The molecule has 1 aliphatic rings. The fourth-order valence-corrected chi connectivity index (χ4v) is 3.48. The number of esters is 1. The van der Waals surface area contributed by atoms with Crippen molar-refractivity contribution < 1.29 is 13.9 Å². The third-order valence-corrected chi connectivity index (χ3v) is 5.12. The summed E-state index contributed by atoms with van der Waals surface area (Å²) < 4.78 is 10.4. The monoisotopic (exact) mass is 398 g/mol. The van der Waals surface area contributed by atoms with Crippen molar-refractivity contribution in [1.82, 2.24) is 15.5 Å². The fourth-order valence-electron chi connectivity index (χ4n) is 3.48. The topological polar surface area (TPSA) is 79.1 Å². The zero-order chi connectivity index (χ0) is 20.6. The summed E-state index contributed by atoms with van der Waals surface area (Å²) in [6.07, 6.45) is 2.63. The molecule has 1 saturated heterocycles. The van der Waals surface area contributed by atoms with Crippen LogP contribution in [-0.4, -0.2) is 44.1 Å². The number of hydrogen-bond acceptors (Lipinski definition) is 5. The van der Waals surface area contributed by atoms with Gasteiger partial charge in [-0.2, -0.15) is 0 Å². The predicted molar refractivity (Wildman–Crippen MR) is 113 cm³/mol. The van der Waals surface area contributed by atoms with Gasteiger partial charge in [0.05, 0.1) is 13.7 Å². The van der Waals surface area contributed by atoms with Crippen LogP contribution in [0.3, 0.4) is 0 Å². The second-order valence-electron chi connectivity index (χ2n) is 7.25. The third kappa shape index (κ3) is 5.84. The van der Waals surface area contributed by atoms with E-state index in [0.717, 1.165) is 6.54 Å². The van der Waals surface area contributed by atoms with Gasteiger partial charge in [0, 0.05) is 20.1 Å². The standard InChI is InChI=1S/C22H30N4O3/c1-16-20(21(27)28-3)12-19(29-16)14-25-22(23-2)24-13-17-6-8-18(9-7-17)15-26-10-4-5-11-26/h6-9,12H,4-5,10-11,13-15H2,1-3H3,(H2,23,24,25). The van der Waals surface area contributed by atoms with Crippen LogP contribution in [0, 0.1) is 6.92 Å². The molecule has 0 amide bonds. The van der Waals surface area contributed by atoms with E-state index in [4.69, 9.17) is 9.15 Å². The number of likely N-dealkylation sites (tertiary alicyclic amines) is 1. The molecule has 0 bridgehead atoms. The van der Waals surface area contributed by atoms with E-state index in [1.807, 2.05) is 0 Å². The van der Waals surface area contributed by atoms with Gasteiger partial charge in [-0.15, -0.1) is 0 Å². The Morgan fingerprint density at radius 2 is 1.79 bits per heavy atom. The van der Waals surface area contributed by atoms with Crippen LogP contribution in [0.2, 0.25) is 0 Å². The van der Waals surface area contributed by atoms with Gasteiger partial charge < -0.3 is 19.8 Å². The number of carbonyl (C=O) groups excluding carboxylic acids is 1. The molecule has 29 heavy (non-hydrogen) atoms. The van der Waals surface area contributed by atoms with E-state index in [9.17, 15) is 4.79 Å². The Balaban J connectivity index is 1.47.